The Bertz CT molecular complexity index is 1190. The summed E-state index contributed by atoms with van der Waals surface area (Å²) < 4.78 is 8.44. The van der Waals surface area contributed by atoms with Gasteiger partial charge >= 0.3 is 0 Å². The lowest BCUT2D eigenvalue weighted by molar-refractivity contribution is -0.121. The van der Waals surface area contributed by atoms with Crippen molar-refractivity contribution in [3.8, 4) is 0 Å². The summed E-state index contributed by atoms with van der Waals surface area (Å²) in [6.07, 6.45) is 2.21. The Morgan fingerprint density at radius 2 is 2.00 bits per heavy atom. The Balaban J connectivity index is 1.55. The van der Waals surface area contributed by atoms with E-state index in [1.54, 1.807) is 16.7 Å². The second kappa shape index (κ2) is 7.34. The molecule has 0 saturated heterocycles. The molecule has 7 nitrogen and oxygen atoms in total. The Labute approximate surface area is 161 Å². The highest BCUT2D eigenvalue weighted by Gasteiger charge is 2.17. The van der Waals surface area contributed by atoms with E-state index in [4.69, 9.17) is 4.42 Å². The summed E-state index contributed by atoms with van der Waals surface area (Å²) in [7, 11) is 0. The van der Waals surface area contributed by atoms with Crippen LogP contribution in [-0.2, 0) is 17.8 Å². The summed E-state index contributed by atoms with van der Waals surface area (Å²) in [5.74, 6) is 0.650. The van der Waals surface area contributed by atoms with E-state index in [0.29, 0.717) is 29.9 Å². The van der Waals surface area contributed by atoms with Crippen molar-refractivity contribution in [2.75, 3.05) is 6.54 Å². The number of nitrogens with one attached hydrogen (secondary N) is 1. The van der Waals surface area contributed by atoms with Gasteiger partial charge in [-0.3, -0.25) is 14.0 Å². The van der Waals surface area contributed by atoms with E-state index in [2.05, 4.69) is 17.3 Å². The summed E-state index contributed by atoms with van der Waals surface area (Å²) in [5, 5.41) is 7.31. The van der Waals surface area contributed by atoms with Gasteiger partial charge in [-0.05, 0) is 11.5 Å². The van der Waals surface area contributed by atoms with Crippen LogP contribution in [0.3, 0.4) is 0 Å². The molecule has 1 N–H and O–H groups in total. The number of fused-ring (bicyclic) bond motifs is 3. The lowest BCUT2D eigenvalue weighted by atomic mass is 10.0. The highest BCUT2D eigenvalue weighted by atomic mass is 16.3. The number of benzene rings is 1. The molecule has 0 unspecified atom stereocenters. The minimum absolute atomic E-state index is 0.115. The van der Waals surface area contributed by atoms with Gasteiger partial charge in [-0.25, -0.2) is 4.68 Å². The molecule has 1 amide bonds. The van der Waals surface area contributed by atoms with Crippen LogP contribution < -0.4 is 10.9 Å². The largest absolute Gasteiger partial charge is 0.463 e. The number of aryl methyl sites for hydroxylation is 1. The molecule has 0 saturated carbocycles. The van der Waals surface area contributed by atoms with Gasteiger partial charge in [0.25, 0.3) is 5.56 Å². The predicted molar refractivity (Wildman–Crippen MR) is 106 cm³/mol. The number of hydrogen-bond donors (Lipinski definition) is 1. The monoisotopic (exact) mass is 378 g/mol. The van der Waals surface area contributed by atoms with Crippen LogP contribution in [0.2, 0.25) is 0 Å². The summed E-state index contributed by atoms with van der Waals surface area (Å²) in [6, 6.07) is 13.5. The first-order chi connectivity index (χ1) is 13.6. The molecular weight excluding hydrogens is 356 g/mol. The Hall–Kier alpha value is -3.35. The van der Waals surface area contributed by atoms with E-state index >= 15 is 0 Å². The second-order valence-electron chi connectivity index (χ2n) is 6.88. The molecule has 4 rings (SSSR count). The summed E-state index contributed by atoms with van der Waals surface area (Å²) >= 11 is 0. The molecule has 7 heteroatoms. The highest BCUT2D eigenvalue weighted by molar-refractivity contribution is 5.82. The number of carbonyl (C=O) groups excluding carboxylic acids is 1. The minimum atomic E-state index is -0.310. The molecule has 3 heterocycles. The fourth-order valence-electron chi connectivity index (χ4n) is 3.42. The third-order valence-electron chi connectivity index (χ3n) is 4.95. The zero-order chi connectivity index (χ0) is 19.7. The van der Waals surface area contributed by atoms with Crippen LogP contribution in [0, 0.1) is 0 Å². The average Bonchev–Trinajstić information content (AvgIpc) is 3.31. The van der Waals surface area contributed by atoms with E-state index in [1.807, 2.05) is 43.3 Å². The van der Waals surface area contributed by atoms with E-state index in [9.17, 15) is 9.59 Å². The van der Waals surface area contributed by atoms with Crippen molar-refractivity contribution < 1.29 is 9.21 Å². The molecule has 0 aliphatic carbocycles. The maximum atomic E-state index is 12.8. The van der Waals surface area contributed by atoms with Crippen molar-refractivity contribution in [3.05, 3.63) is 70.5 Å². The van der Waals surface area contributed by atoms with Crippen LogP contribution in [0.25, 0.3) is 16.6 Å². The van der Waals surface area contributed by atoms with Gasteiger partial charge in [-0.1, -0.05) is 44.2 Å². The quantitative estimate of drug-likeness (QED) is 0.559. The third-order valence-corrected chi connectivity index (χ3v) is 4.95. The number of furan rings is 1. The van der Waals surface area contributed by atoms with E-state index in [-0.39, 0.29) is 23.9 Å². The van der Waals surface area contributed by atoms with E-state index in [1.165, 1.54) is 4.68 Å². The molecule has 1 aromatic carbocycles. The van der Waals surface area contributed by atoms with Gasteiger partial charge in [0.2, 0.25) is 5.91 Å². The molecule has 0 radical (unpaired) electrons. The standard InChI is InChI=1S/C21H22N4O3/c1-3-19-23-24(21(27)17-11-18-16(25(17)19)9-10-28-18)13-20(26)22-12-14(2)15-7-5-4-6-8-15/h4-11,14H,3,12-13H2,1-2H3,(H,22,26)/t14-/m0/s1. The minimum Gasteiger partial charge on any atom is -0.463 e. The Morgan fingerprint density at radius 1 is 1.21 bits per heavy atom. The van der Waals surface area contributed by atoms with Crippen LogP contribution >= 0.6 is 0 Å². The number of rotatable bonds is 6. The number of hydrogen-bond acceptors (Lipinski definition) is 4. The van der Waals surface area contributed by atoms with Gasteiger partial charge in [0.15, 0.2) is 5.58 Å². The summed E-state index contributed by atoms with van der Waals surface area (Å²) in [6.45, 7) is 4.40. The third kappa shape index (κ3) is 3.19. The molecule has 28 heavy (non-hydrogen) atoms. The number of aromatic nitrogens is 3. The molecule has 1 atom stereocenters. The Kier molecular flexibility index (Phi) is 4.73. The molecule has 0 bridgehead atoms. The first-order valence-electron chi connectivity index (χ1n) is 9.38. The normalized spacial score (nSPS) is 12.5. The van der Waals surface area contributed by atoms with E-state index < -0.39 is 0 Å². The van der Waals surface area contributed by atoms with Crippen LogP contribution in [-0.4, -0.2) is 26.6 Å². The van der Waals surface area contributed by atoms with Crippen molar-refractivity contribution in [2.24, 2.45) is 0 Å². The SMILES string of the molecule is CCc1nn(CC(=O)NC[C@H](C)c2ccccc2)c(=O)c2cc3occc3n12. The van der Waals surface area contributed by atoms with Crippen molar-refractivity contribution in [1.82, 2.24) is 19.5 Å². The maximum absolute atomic E-state index is 12.8. The number of amides is 1. The smallest absolute Gasteiger partial charge is 0.291 e. The molecular formula is C21H22N4O3. The van der Waals surface area contributed by atoms with Crippen LogP contribution in [0.15, 0.2) is 57.9 Å². The first kappa shape index (κ1) is 18.0. The lowest BCUT2D eigenvalue weighted by Crippen LogP contribution is -2.36. The molecule has 0 spiro atoms. The van der Waals surface area contributed by atoms with Gasteiger partial charge in [0.1, 0.15) is 17.9 Å². The molecule has 4 aromatic rings. The van der Waals surface area contributed by atoms with Crippen LogP contribution in [0.4, 0.5) is 0 Å². The molecule has 0 aliphatic heterocycles. The molecule has 0 fully saturated rings. The zero-order valence-corrected chi connectivity index (χ0v) is 15.9. The lowest BCUT2D eigenvalue weighted by Gasteiger charge is -2.14. The van der Waals surface area contributed by atoms with Crippen molar-refractivity contribution in [2.45, 2.75) is 32.7 Å². The highest BCUT2D eigenvalue weighted by Crippen LogP contribution is 2.20. The van der Waals surface area contributed by atoms with Gasteiger partial charge < -0.3 is 9.73 Å². The fourth-order valence-corrected chi connectivity index (χ4v) is 3.42. The van der Waals surface area contributed by atoms with Gasteiger partial charge in [0.05, 0.1) is 11.8 Å². The van der Waals surface area contributed by atoms with Crippen LogP contribution in [0.5, 0.6) is 0 Å². The van der Waals surface area contributed by atoms with Gasteiger partial charge in [-0.15, -0.1) is 0 Å². The number of carbonyl (C=O) groups is 1. The summed E-state index contributed by atoms with van der Waals surface area (Å²) in [4.78, 5) is 25.2. The van der Waals surface area contributed by atoms with E-state index in [0.717, 1.165) is 11.1 Å². The fraction of sp³-hybridized carbons (Fsp3) is 0.286. The number of nitrogens with zero attached hydrogens (tertiary/aromatic N) is 3. The van der Waals surface area contributed by atoms with Gasteiger partial charge in [-0.2, -0.15) is 5.10 Å². The molecule has 3 aromatic heterocycles. The zero-order valence-electron chi connectivity index (χ0n) is 15.9. The first-order valence-corrected chi connectivity index (χ1v) is 9.38. The topological polar surface area (TPSA) is 81.5 Å². The maximum Gasteiger partial charge on any atom is 0.291 e. The van der Waals surface area contributed by atoms with Gasteiger partial charge in [0, 0.05) is 25.1 Å². The predicted octanol–water partition coefficient (Wildman–Crippen LogP) is 2.72. The van der Waals surface area contributed by atoms with Crippen LogP contribution in [0.1, 0.15) is 31.2 Å². The second-order valence-corrected chi connectivity index (χ2v) is 6.88. The van der Waals surface area contributed by atoms with Crippen molar-refractivity contribution in [1.29, 1.82) is 0 Å². The van der Waals surface area contributed by atoms with Crippen molar-refractivity contribution >= 4 is 22.5 Å². The molecule has 0 aliphatic rings. The molecule has 144 valence electrons. The Morgan fingerprint density at radius 3 is 2.75 bits per heavy atom. The summed E-state index contributed by atoms with van der Waals surface area (Å²) in [5.41, 5.74) is 2.75. The van der Waals surface area contributed by atoms with Crippen molar-refractivity contribution in [3.63, 3.8) is 0 Å². The average molecular weight is 378 g/mol.